The van der Waals surface area contributed by atoms with Crippen LogP contribution >= 0.6 is 11.8 Å². The molecule has 0 radical (unpaired) electrons. The van der Waals surface area contributed by atoms with Crippen molar-refractivity contribution in [2.24, 2.45) is 0 Å². The minimum atomic E-state index is -1.02. The zero-order valence-corrected chi connectivity index (χ0v) is 15.1. The number of carbonyl (C=O) groups excluding carboxylic acids is 1. The number of benzene rings is 2. The van der Waals surface area contributed by atoms with Crippen molar-refractivity contribution in [2.45, 2.75) is 18.7 Å². The molecule has 1 heterocycles. The maximum atomic E-state index is 13.1. The normalized spacial score (nSPS) is 10.6. The highest BCUT2D eigenvalue weighted by Crippen LogP contribution is 2.19. The second kappa shape index (κ2) is 8.63. The molecule has 0 atom stereocenters. The predicted octanol–water partition coefficient (Wildman–Crippen LogP) is 3.70. The standard InChI is InChI=1S/C18H16F2N4O2S/c1-11-4-2-3-5-15(11)26-9-16-22-18(24-23-16)27-10-17(25)21-12-6-7-13(19)14(20)8-12/h2-8H,9-10H2,1H3,(H,21,25)(H,22,23,24). The summed E-state index contributed by atoms with van der Waals surface area (Å²) in [5, 5.41) is 9.64. The van der Waals surface area contributed by atoms with Crippen molar-refractivity contribution >= 4 is 23.4 Å². The van der Waals surface area contributed by atoms with Crippen LogP contribution < -0.4 is 10.1 Å². The lowest BCUT2D eigenvalue weighted by Crippen LogP contribution is -2.14. The average Bonchev–Trinajstić information content (AvgIpc) is 3.10. The van der Waals surface area contributed by atoms with Crippen LogP contribution in [-0.4, -0.2) is 26.8 Å². The van der Waals surface area contributed by atoms with Crippen molar-refractivity contribution in [3.05, 3.63) is 65.5 Å². The molecule has 2 aromatic carbocycles. The number of hydrogen-bond donors (Lipinski definition) is 2. The molecule has 0 fully saturated rings. The first-order valence-corrected chi connectivity index (χ1v) is 8.97. The lowest BCUT2D eigenvalue weighted by molar-refractivity contribution is -0.113. The van der Waals surface area contributed by atoms with Gasteiger partial charge in [0.2, 0.25) is 11.1 Å². The van der Waals surface area contributed by atoms with Gasteiger partial charge in [-0.25, -0.2) is 13.8 Å². The van der Waals surface area contributed by atoms with Crippen molar-refractivity contribution in [2.75, 3.05) is 11.1 Å². The molecule has 0 saturated carbocycles. The molecule has 27 heavy (non-hydrogen) atoms. The Morgan fingerprint density at radius 2 is 2.04 bits per heavy atom. The SMILES string of the molecule is Cc1ccccc1OCc1nc(SCC(=O)Nc2ccc(F)c(F)c2)n[nH]1. The number of nitrogens with one attached hydrogen (secondary N) is 2. The Morgan fingerprint density at radius 1 is 1.22 bits per heavy atom. The molecule has 1 amide bonds. The van der Waals surface area contributed by atoms with Crippen molar-refractivity contribution < 1.29 is 18.3 Å². The Labute approximate surface area is 158 Å². The van der Waals surface area contributed by atoms with Gasteiger partial charge in [0, 0.05) is 11.8 Å². The molecular weight excluding hydrogens is 374 g/mol. The van der Waals surface area contributed by atoms with Gasteiger partial charge in [0.25, 0.3) is 0 Å². The lowest BCUT2D eigenvalue weighted by Gasteiger charge is -2.06. The molecule has 0 aliphatic heterocycles. The number of thioether (sulfide) groups is 1. The molecule has 3 aromatic rings. The van der Waals surface area contributed by atoms with Gasteiger partial charge in [-0.15, -0.1) is 5.10 Å². The highest BCUT2D eigenvalue weighted by atomic mass is 32.2. The summed E-state index contributed by atoms with van der Waals surface area (Å²) in [7, 11) is 0. The third-order valence-corrected chi connectivity index (χ3v) is 4.35. The largest absolute Gasteiger partial charge is 0.485 e. The molecule has 6 nitrogen and oxygen atoms in total. The highest BCUT2D eigenvalue weighted by molar-refractivity contribution is 7.99. The number of carbonyl (C=O) groups is 1. The van der Waals surface area contributed by atoms with Crippen molar-refractivity contribution in [3.63, 3.8) is 0 Å². The van der Waals surface area contributed by atoms with Crippen LogP contribution in [0.3, 0.4) is 0 Å². The van der Waals surface area contributed by atoms with Crippen LogP contribution in [-0.2, 0) is 11.4 Å². The van der Waals surface area contributed by atoms with Crippen molar-refractivity contribution in [1.29, 1.82) is 0 Å². The fourth-order valence-corrected chi connectivity index (χ4v) is 2.79. The van der Waals surface area contributed by atoms with E-state index in [1.54, 1.807) is 0 Å². The summed E-state index contributed by atoms with van der Waals surface area (Å²) in [6.07, 6.45) is 0. The highest BCUT2D eigenvalue weighted by Gasteiger charge is 2.10. The monoisotopic (exact) mass is 390 g/mol. The molecule has 3 rings (SSSR count). The summed E-state index contributed by atoms with van der Waals surface area (Å²) in [5.74, 6) is -1.06. The van der Waals surface area contributed by atoms with E-state index in [-0.39, 0.29) is 24.0 Å². The van der Waals surface area contributed by atoms with E-state index in [4.69, 9.17) is 4.74 Å². The van der Waals surface area contributed by atoms with E-state index in [1.165, 1.54) is 6.07 Å². The van der Waals surface area contributed by atoms with Gasteiger partial charge in [0.05, 0.1) is 5.75 Å². The molecule has 2 N–H and O–H groups in total. The van der Waals surface area contributed by atoms with Gasteiger partial charge in [-0.3, -0.25) is 9.89 Å². The van der Waals surface area contributed by atoms with E-state index in [2.05, 4.69) is 20.5 Å². The fourth-order valence-electron chi connectivity index (χ4n) is 2.17. The lowest BCUT2D eigenvalue weighted by atomic mass is 10.2. The Morgan fingerprint density at radius 3 is 2.81 bits per heavy atom. The van der Waals surface area contributed by atoms with Gasteiger partial charge >= 0.3 is 0 Å². The second-order valence-electron chi connectivity index (χ2n) is 5.58. The second-order valence-corrected chi connectivity index (χ2v) is 6.53. The zero-order valence-electron chi connectivity index (χ0n) is 14.3. The number of anilines is 1. The number of aromatic nitrogens is 3. The Kier molecular flexibility index (Phi) is 6.02. The smallest absolute Gasteiger partial charge is 0.234 e. The van der Waals surface area contributed by atoms with Crippen LogP contribution in [0, 0.1) is 18.6 Å². The Bertz CT molecular complexity index is 949. The quantitative estimate of drug-likeness (QED) is 0.602. The average molecular weight is 390 g/mol. The first-order chi connectivity index (χ1) is 13.0. The van der Waals surface area contributed by atoms with Crippen LogP contribution in [0.2, 0.25) is 0 Å². The minimum Gasteiger partial charge on any atom is -0.485 e. The maximum absolute atomic E-state index is 13.1. The van der Waals surface area contributed by atoms with E-state index < -0.39 is 11.6 Å². The molecule has 0 saturated heterocycles. The van der Waals surface area contributed by atoms with Crippen LogP contribution in [0.4, 0.5) is 14.5 Å². The van der Waals surface area contributed by atoms with Gasteiger partial charge in [-0.05, 0) is 30.7 Å². The molecular formula is C18H16F2N4O2S. The third kappa shape index (κ3) is 5.27. The number of rotatable bonds is 7. The number of nitrogens with zero attached hydrogens (tertiary/aromatic N) is 2. The number of H-pyrrole nitrogens is 1. The topological polar surface area (TPSA) is 79.9 Å². The molecule has 0 spiro atoms. The fraction of sp³-hybridized carbons (Fsp3) is 0.167. The van der Waals surface area contributed by atoms with Crippen LogP contribution in [0.15, 0.2) is 47.6 Å². The minimum absolute atomic E-state index is 0.0228. The van der Waals surface area contributed by atoms with Crippen LogP contribution in [0.25, 0.3) is 0 Å². The van der Waals surface area contributed by atoms with Gasteiger partial charge < -0.3 is 10.1 Å². The first-order valence-electron chi connectivity index (χ1n) is 7.98. The molecule has 0 aliphatic rings. The summed E-state index contributed by atoms with van der Waals surface area (Å²) in [6.45, 7) is 2.17. The number of ether oxygens (including phenoxy) is 1. The summed E-state index contributed by atoms with van der Waals surface area (Å²) >= 11 is 1.11. The van der Waals surface area contributed by atoms with Crippen molar-refractivity contribution in [1.82, 2.24) is 15.2 Å². The van der Waals surface area contributed by atoms with Gasteiger partial charge in [-0.1, -0.05) is 30.0 Å². The number of hydrogen-bond acceptors (Lipinski definition) is 5. The molecule has 9 heteroatoms. The Hall–Kier alpha value is -2.94. The van der Waals surface area contributed by atoms with E-state index >= 15 is 0 Å². The Balaban J connectivity index is 1.48. The summed E-state index contributed by atoms with van der Waals surface area (Å²) in [6, 6.07) is 10.8. The third-order valence-electron chi connectivity index (χ3n) is 3.50. The van der Waals surface area contributed by atoms with Gasteiger partial charge in [0.1, 0.15) is 12.4 Å². The van der Waals surface area contributed by atoms with E-state index in [9.17, 15) is 13.6 Å². The molecule has 140 valence electrons. The van der Waals surface area contributed by atoms with Crippen LogP contribution in [0.1, 0.15) is 11.4 Å². The van der Waals surface area contributed by atoms with E-state index in [0.29, 0.717) is 11.0 Å². The zero-order chi connectivity index (χ0) is 19.2. The number of para-hydroxylation sites is 1. The van der Waals surface area contributed by atoms with Crippen LogP contribution in [0.5, 0.6) is 5.75 Å². The number of aromatic amines is 1. The summed E-state index contributed by atoms with van der Waals surface area (Å²) in [5.41, 5.74) is 1.20. The number of aryl methyl sites for hydroxylation is 1. The number of halogens is 2. The van der Waals surface area contributed by atoms with Gasteiger partial charge in [0.15, 0.2) is 17.5 Å². The predicted molar refractivity (Wildman–Crippen MR) is 97.6 cm³/mol. The first kappa shape index (κ1) is 18.8. The summed E-state index contributed by atoms with van der Waals surface area (Å²) in [4.78, 5) is 16.1. The van der Waals surface area contributed by atoms with E-state index in [0.717, 1.165) is 35.2 Å². The van der Waals surface area contributed by atoms with E-state index in [1.807, 2.05) is 31.2 Å². The summed E-state index contributed by atoms with van der Waals surface area (Å²) < 4.78 is 31.7. The molecule has 1 aromatic heterocycles. The molecule has 0 unspecified atom stereocenters. The molecule has 0 bridgehead atoms. The molecule has 0 aliphatic carbocycles. The van der Waals surface area contributed by atoms with Crippen molar-refractivity contribution in [3.8, 4) is 5.75 Å². The maximum Gasteiger partial charge on any atom is 0.234 e. The number of amides is 1. The van der Waals surface area contributed by atoms with Gasteiger partial charge in [-0.2, -0.15) is 0 Å².